The third-order valence-corrected chi connectivity index (χ3v) is 5.67. The van der Waals surface area contributed by atoms with Crippen LogP contribution in [0, 0.1) is 12.7 Å². The Labute approximate surface area is 177 Å². The van der Waals surface area contributed by atoms with Gasteiger partial charge in [-0.1, -0.05) is 17.3 Å². The van der Waals surface area contributed by atoms with Gasteiger partial charge in [0, 0.05) is 5.92 Å². The molecule has 2 atom stereocenters. The lowest BCUT2D eigenvalue weighted by Gasteiger charge is -2.08. The molecule has 1 aliphatic heterocycles. The highest BCUT2D eigenvalue weighted by Crippen LogP contribution is 2.37. The average molecular weight is 475 g/mol. The second kappa shape index (κ2) is 7.40. The molecule has 154 valence electrons. The van der Waals surface area contributed by atoms with Gasteiger partial charge in [0.25, 0.3) is 5.56 Å². The van der Waals surface area contributed by atoms with Gasteiger partial charge in [0.15, 0.2) is 16.1 Å². The zero-order valence-electron chi connectivity index (χ0n) is 15.8. The molecule has 30 heavy (non-hydrogen) atoms. The summed E-state index contributed by atoms with van der Waals surface area (Å²) in [7, 11) is 0. The lowest BCUT2D eigenvalue weighted by molar-refractivity contribution is 0.110. The Hall–Kier alpha value is -2.92. The summed E-state index contributed by atoms with van der Waals surface area (Å²) < 4.78 is 27.6. The zero-order valence-corrected chi connectivity index (χ0v) is 17.4. The first-order valence-corrected chi connectivity index (χ1v) is 10.1. The molecule has 4 heterocycles. The van der Waals surface area contributed by atoms with Crippen molar-refractivity contribution in [1.82, 2.24) is 29.3 Å². The smallest absolute Gasteiger partial charge is 0.280 e. The molecule has 0 saturated carbocycles. The summed E-state index contributed by atoms with van der Waals surface area (Å²) in [6.45, 7) is 2.29. The van der Waals surface area contributed by atoms with Crippen molar-refractivity contribution in [1.29, 1.82) is 0 Å². The van der Waals surface area contributed by atoms with Gasteiger partial charge in [-0.25, -0.2) is 13.9 Å². The molecule has 0 spiro atoms. The van der Waals surface area contributed by atoms with Crippen LogP contribution in [0.4, 0.5) is 4.39 Å². The van der Waals surface area contributed by atoms with Crippen molar-refractivity contribution in [3.8, 4) is 0 Å². The van der Waals surface area contributed by atoms with Crippen molar-refractivity contribution in [3.63, 3.8) is 0 Å². The van der Waals surface area contributed by atoms with E-state index in [9.17, 15) is 9.18 Å². The summed E-state index contributed by atoms with van der Waals surface area (Å²) in [5.41, 5.74) is 1.63. The zero-order chi connectivity index (χ0) is 20.8. The molecule has 3 aromatic heterocycles. The van der Waals surface area contributed by atoms with Crippen LogP contribution in [0.25, 0.3) is 5.52 Å². The Balaban J connectivity index is 1.33. The quantitative estimate of drug-likeness (QED) is 0.448. The molecular formula is C19H16BrFN6O3. The van der Waals surface area contributed by atoms with Crippen LogP contribution in [0.3, 0.4) is 0 Å². The number of rotatable bonds is 4. The molecular weight excluding hydrogens is 459 g/mol. The Morgan fingerprint density at radius 3 is 2.87 bits per heavy atom. The lowest BCUT2D eigenvalue weighted by atomic mass is 10.00. The highest BCUT2D eigenvalue weighted by molar-refractivity contribution is 9.10. The number of hydrogen-bond donors (Lipinski definition) is 0. The molecule has 0 N–H and O–H groups in total. The highest BCUT2D eigenvalue weighted by atomic mass is 79.9. The summed E-state index contributed by atoms with van der Waals surface area (Å²) in [5.74, 6) is 0.514. The highest BCUT2D eigenvalue weighted by Gasteiger charge is 2.31. The van der Waals surface area contributed by atoms with E-state index in [0.29, 0.717) is 40.7 Å². The SMILES string of the molecule is Cc1nc(Br)n2ncn(Cc3nc(C4COC(c5ccc(F)cc5)C4)no3)c(=O)c12. The van der Waals surface area contributed by atoms with Crippen molar-refractivity contribution in [3.05, 3.63) is 74.5 Å². The summed E-state index contributed by atoms with van der Waals surface area (Å²) >= 11 is 3.28. The Kier molecular flexibility index (Phi) is 4.70. The molecule has 0 amide bonds. The van der Waals surface area contributed by atoms with Crippen LogP contribution in [0.5, 0.6) is 0 Å². The monoisotopic (exact) mass is 474 g/mol. The fraction of sp³-hybridized carbons (Fsp3) is 0.316. The fourth-order valence-electron chi connectivity index (χ4n) is 3.61. The van der Waals surface area contributed by atoms with Crippen molar-refractivity contribution >= 4 is 21.4 Å². The van der Waals surface area contributed by atoms with Gasteiger partial charge < -0.3 is 9.26 Å². The molecule has 1 aliphatic rings. The second-order valence-electron chi connectivity index (χ2n) is 7.14. The topological polar surface area (TPSA) is 100 Å². The second-order valence-corrected chi connectivity index (χ2v) is 7.85. The van der Waals surface area contributed by atoms with Crippen LogP contribution in [0.2, 0.25) is 0 Å². The number of aryl methyl sites for hydroxylation is 1. The first kappa shape index (κ1) is 19.1. The molecule has 1 aromatic carbocycles. The van der Waals surface area contributed by atoms with Crippen molar-refractivity contribution in [2.24, 2.45) is 0 Å². The van der Waals surface area contributed by atoms with Crippen LogP contribution < -0.4 is 5.56 Å². The molecule has 2 unspecified atom stereocenters. The molecule has 5 rings (SSSR count). The largest absolute Gasteiger partial charge is 0.373 e. The predicted octanol–water partition coefficient (Wildman–Crippen LogP) is 2.78. The van der Waals surface area contributed by atoms with Crippen LogP contribution in [0.15, 0.2) is 44.6 Å². The number of hydrogen-bond acceptors (Lipinski definition) is 7. The molecule has 1 saturated heterocycles. The van der Waals surface area contributed by atoms with Crippen LogP contribution in [-0.2, 0) is 11.3 Å². The van der Waals surface area contributed by atoms with E-state index in [2.05, 4.69) is 36.2 Å². The van der Waals surface area contributed by atoms with Gasteiger partial charge >= 0.3 is 0 Å². The maximum atomic E-state index is 13.1. The molecule has 9 nitrogen and oxygen atoms in total. The minimum Gasteiger partial charge on any atom is -0.373 e. The van der Waals surface area contributed by atoms with Gasteiger partial charge in [-0.15, -0.1) is 0 Å². The van der Waals surface area contributed by atoms with Gasteiger partial charge in [-0.3, -0.25) is 9.36 Å². The summed E-state index contributed by atoms with van der Waals surface area (Å²) in [6, 6.07) is 6.27. The third-order valence-electron chi connectivity index (χ3n) is 5.15. The minimum atomic E-state index is -0.280. The summed E-state index contributed by atoms with van der Waals surface area (Å²) in [5, 5.41) is 8.29. The number of benzene rings is 1. The van der Waals surface area contributed by atoms with Crippen molar-refractivity contribution in [2.75, 3.05) is 6.61 Å². The summed E-state index contributed by atoms with van der Waals surface area (Å²) in [4.78, 5) is 21.4. The van der Waals surface area contributed by atoms with E-state index in [4.69, 9.17) is 9.26 Å². The molecule has 4 aromatic rings. The number of aromatic nitrogens is 6. The van der Waals surface area contributed by atoms with Crippen LogP contribution in [0.1, 0.15) is 41.4 Å². The van der Waals surface area contributed by atoms with Crippen LogP contribution in [-0.4, -0.2) is 35.9 Å². The molecule has 0 aliphatic carbocycles. The Morgan fingerprint density at radius 1 is 1.27 bits per heavy atom. The maximum absolute atomic E-state index is 13.1. The van der Waals surface area contributed by atoms with Crippen LogP contribution >= 0.6 is 15.9 Å². The number of ether oxygens (including phenoxy) is 1. The van der Waals surface area contributed by atoms with Gasteiger partial charge in [-0.2, -0.15) is 10.1 Å². The van der Waals surface area contributed by atoms with Gasteiger partial charge in [0.05, 0.1) is 18.4 Å². The number of nitrogens with zero attached hydrogens (tertiary/aromatic N) is 6. The third kappa shape index (κ3) is 3.33. The number of halogens is 2. The van der Waals surface area contributed by atoms with E-state index in [-0.39, 0.29) is 29.9 Å². The fourth-order valence-corrected chi connectivity index (χ4v) is 4.15. The molecule has 11 heteroatoms. The molecule has 1 fully saturated rings. The standard InChI is InChI=1S/C19H16BrFN6O3/c1-10-16-18(28)26(9-22-27(16)19(20)23-10)7-15-24-17(25-30-15)12-6-14(29-8-12)11-2-4-13(21)5-3-11/h2-5,9,12,14H,6-8H2,1H3. The van der Waals surface area contributed by atoms with E-state index in [1.54, 1.807) is 19.1 Å². The first-order valence-electron chi connectivity index (χ1n) is 9.29. The number of imidazole rings is 1. The Bertz CT molecular complexity index is 1280. The van der Waals surface area contributed by atoms with Crippen molar-refractivity contribution < 1.29 is 13.7 Å². The Morgan fingerprint density at radius 2 is 2.07 bits per heavy atom. The first-order chi connectivity index (χ1) is 14.5. The lowest BCUT2D eigenvalue weighted by Crippen LogP contribution is -2.24. The van der Waals surface area contributed by atoms with E-state index in [1.165, 1.54) is 27.5 Å². The van der Waals surface area contributed by atoms with E-state index < -0.39 is 0 Å². The average Bonchev–Trinajstić information content (AvgIpc) is 3.44. The molecule has 0 radical (unpaired) electrons. The van der Waals surface area contributed by atoms with E-state index in [0.717, 1.165) is 5.56 Å². The number of fused-ring (bicyclic) bond motifs is 1. The van der Waals surface area contributed by atoms with Crippen molar-refractivity contribution in [2.45, 2.75) is 31.9 Å². The molecule has 0 bridgehead atoms. The van der Waals surface area contributed by atoms with Gasteiger partial charge in [0.1, 0.15) is 18.7 Å². The van der Waals surface area contributed by atoms with Gasteiger partial charge in [0.2, 0.25) is 5.89 Å². The minimum absolute atomic E-state index is 0.0390. The summed E-state index contributed by atoms with van der Waals surface area (Å²) in [6.07, 6.45) is 1.94. The normalized spacial score (nSPS) is 19.0. The van der Waals surface area contributed by atoms with E-state index >= 15 is 0 Å². The predicted molar refractivity (Wildman–Crippen MR) is 106 cm³/mol. The van der Waals surface area contributed by atoms with E-state index in [1.807, 2.05) is 0 Å². The maximum Gasteiger partial charge on any atom is 0.280 e. The van der Waals surface area contributed by atoms with Gasteiger partial charge in [-0.05, 0) is 47.0 Å².